The van der Waals surface area contributed by atoms with E-state index in [0.29, 0.717) is 32.0 Å². The summed E-state index contributed by atoms with van der Waals surface area (Å²) in [7, 11) is 7.29. The number of likely N-dealkylation sites (N-methyl/N-ethyl adjacent to an activating group) is 1. The minimum absolute atomic E-state index is 0. The van der Waals surface area contributed by atoms with E-state index in [0.717, 1.165) is 11.3 Å². The number of ether oxygens (including phenoxy) is 1. The van der Waals surface area contributed by atoms with Crippen molar-refractivity contribution in [1.29, 1.82) is 0 Å². The van der Waals surface area contributed by atoms with Gasteiger partial charge in [0.05, 0.1) is 19.7 Å². The Morgan fingerprint density at radius 3 is 2.69 bits per heavy atom. The van der Waals surface area contributed by atoms with Crippen LogP contribution in [0.4, 0.5) is 13.2 Å². The Morgan fingerprint density at radius 2 is 2.10 bits per heavy atom. The van der Waals surface area contributed by atoms with Gasteiger partial charge in [0.1, 0.15) is 5.75 Å². The van der Waals surface area contributed by atoms with Crippen LogP contribution in [0.5, 0.6) is 5.75 Å². The molecule has 0 amide bonds. The molecule has 2 N–H and O–H groups in total. The first-order chi connectivity index (χ1) is 13.2. The van der Waals surface area contributed by atoms with Crippen LogP contribution in [0, 0.1) is 0 Å². The second kappa shape index (κ2) is 11.8. The van der Waals surface area contributed by atoms with Gasteiger partial charge in [0.2, 0.25) is 0 Å². The molecule has 1 aliphatic heterocycles. The zero-order valence-electron chi connectivity index (χ0n) is 17.3. The second-order valence-electron chi connectivity index (χ2n) is 7.19. The number of hydrogen-bond acceptors (Lipinski definition) is 4. The lowest BCUT2D eigenvalue weighted by molar-refractivity contribution is -0.143. The van der Waals surface area contributed by atoms with E-state index in [9.17, 15) is 13.2 Å². The van der Waals surface area contributed by atoms with Gasteiger partial charge >= 0.3 is 6.18 Å². The Morgan fingerprint density at radius 1 is 1.38 bits per heavy atom. The van der Waals surface area contributed by atoms with Crippen LogP contribution in [0.15, 0.2) is 29.3 Å². The molecule has 1 aromatic rings. The molecule has 1 fully saturated rings. The van der Waals surface area contributed by atoms with Gasteiger partial charge in [-0.3, -0.25) is 9.89 Å². The lowest BCUT2D eigenvalue weighted by Crippen LogP contribution is -2.47. The molecule has 10 heteroatoms. The van der Waals surface area contributed by atoms with Gasteiger partial charge in [-0.05, 0) is 38.2 Å². The van der Waals surface area contributed by atoms with Gasteiger partial charge < -0.3 is 20.3 Å². The third-order valence-corrected chi connectivity index (χ3v) is 4.80. The van der Waals surface area contributed by atoms with Crippen molar-refractivity contribution in [2.24, 2.45) is 4.99 Å². The number of benzene rings is 1. The van der Waals surface area contributed by atoms with E-state index < -0.39 is 12.7 Å². The van der Waals surface area contributed by atoms with Crippen molar-refractivity contribution in [1.82, 2.24) is 20.4 Å². The fourth-order valence-electron chi connectivity index (χ4n) is 3.38. The predicted molar refractivity (Wildman–Crippen MR) is 120 cm³/mol. The first-order valence-corrected chi connectivity index (χ1v) is 9.28. The smallest absolute Gasteiger partial charge is 0.401 e. The van der Waals surface area contributed by atoms with E-state index >= 15 is 0 Å². The Kier molecular flexibility index (Phi) is 10.5. The average molecular weight is 529 g/mol. The first-order valence-electron chi connectivity index (χ1n) is 9.28. The van der Waals surface area contributed by atoms with E-state index in [1.807, 2.05) is 38.4 Å². The SMILES string of the molecule is CN=C(NCC(c1cccc(OC)c1)N(C)C)NC1CCN(CC(F)(F)F)C1.I. The van der Waals surface area contributed by atoms with Crippen molar-refractivity contribution >= 4 is 29.9 Å². The van der Waals surface area contributed by atoms with E-state index in [1.54, 1.807) is 14.2 Å². The molecule has 0 spiro atoms. The number of aliphatic imine (C=N–C) groups is 1. The molecule has 29 heavy (non-hydrogen) atoms. The molecular formula is C19H31F3IN5O. The number of halogens is 4. The average Bonchev–Trinajstić information content (AvgIpc) is 3.05. The highest BCUT2D eigenvalue weighted by Crippen LogP contribution is 2.22. The van der Waals surface area contributed by atoms with E-state index in [2.05, 4.69) is 20.5 Å². The molecule has 6 nitrogen and oxygen atoms in total. The molecule has 0 bridgehead atoms. The van der Waals surface area contributed by atoms with Gasteiger partial charge in [-0.1, -0.05) is 12.1 Å². The van der Waals surface area contributed by atoms with Crippen molar-refractivity contribution in [2.45, 2.75) is 24.7 Å². The lowest BCUT2D eigenvalue weighted by Gasteiger charge is -2.27. The highest BCUT2D eigenvalue weighted by Gasteiger charge is 2.34. The maximum Gasteiger partial charge on any atom is 0.401 e. The van der Waals surface area contributed by atoms with Crippen molar-refractivity contribution in [3.05, 3.63) is 29.8 Å². The zero-order chi connectivity index (χ0) is 20.7. The molecule has 0 saturated carbocycles. The van der Waals surface area contributed by atoms with Gasteiger partial charge in [0, 0.05) is 32.7 Å². The maximum atomic E-state index is 12.6. The highest BCUT2D eigenvalue weighted by molar-refractivity contribution is 14.0. The molecule has 1 saturated heterocycles. The third kappa shape index (κ3) is 8.55. The number of guanidine groups is 1. The van der Waals surface area contributed by atoms with Crippen LogP contribution in [0.25, 0.3) is 0 Å². The Balaban J connectivity index is 0.00000420. The number of likely N-dealkylation sites (tertiary alicyclic amines) is 1. The summed E-state index contributed by atoms with van der Waals surface area (Å²) in [5, 5.41) is 6.53. The molecule has 2 unspecified atom stereocenters. The van der Waals surface area contributed by atoms with Crippen molar-refractivity contribution < 1.29 is 17.9 Å². The van der Waals surface area contributed by atoms with Crippen LogP contribution < -0.4 is 15.4 Å². The van der Waals surface area contributed by atoms with Crippen LogP contribution in [0.2, 0.25) is 0 Å². The number of methoxy groups -OCH3 is 1. The largest absolute Gasteiger partial charge is 0.497 e. The monoisotopic (exact) mass is 529 g/mol. The summed E-state index contributed by atoms with van der Waals surface area (Å²) in [6, 6.07) is 7.91. The quantitative estimate of drug-likeness (QED) is 0.324. The highest BCUT2D eigenvalue weighted by atomic mass is 127. The lowest BCUT2D eigenvalue weighted by atomic mass is 10.1. The molecule has 1 heterocycles. The third-order valence-electron chi connectivity index (χ3n) is 4.80. The standard InChI is InChI=1S/C19H30F3N5O.HI/c1-23-18(25-15-8-9-27(12-15)13-19(20,21)22)24-11-17(26(2)3)14-6-5-7-16(10-14)28-4;/h5-7,10,15,17H,8-9,11-13H2,1-4H3,(H2,23,24,25);1H. The maximum absolute atomic E-state index is 12.6. The van der Waals surface area contributed by atoms with Gasteiger partial charge in [0.15, 0.2) is 5.96 Å². The number of alkyl halides is 3. The molecule has 0 radical (unpaired) electrons. The summed E-state index contributed by atoms with van der Waals surface area (Å²) in [6.45, 7) is 0.514. The Bertz CT molecular complexity index is 657. The summed E-state index contributed by atoms with van der Waals surface area (Å²) in [4.78, 5) is 7.73. The van der Waals surface area contributed by atoms with Crippen molar-refractivity contribution in [2.75, 3.05) is 54.4 Å². The van der Waals surface area contributed by atoms with Gasteiger partial charge in [-0.2, -0.15) is 13.2 Å². The summed E-state index contributed by atoms with van der Waals surface area (Å²) in [5.41, 5.74) is 1.10. The van der Waals surface area contributed by atoms with E-state index in [4.69, 9.17) is 4.74 Å². The molecule has 1 aliphatic rings. The Hall–Kier alpha value is -1.27. The van der Waals surface area contributed by atoms with Crippen molar-refractivity contribution in [3.63, 3.8) is 0 Å². The van der Waals surface area contributed by atoms with Crippen LogP contribution in [-0.4, -0.2) is 82.4 Å². The summed E-state index contributed by atoms with van der Waals surface area (Å²) in [5.74, 6) is 1.39. The summed E-state index contributed by atoms with van der Waals surface area (Å²) < 4.78 is 43.0. The molecule has 1 aromatic carbocycles. The van der Waals surface area contributed by atoms with Gasteiger partial charge in [-0.15, -0.1) is 24.0 Å². The number of hydrogen-bond donors (Lipinski definition) is 2. The van der Waals surface area contributed by atoms with E-state index in [-0.39, 0.29) is 36.1 Å². The van der Waals surface area contributed by atoms with Crippen LogP contribution >= 0.6 is 24.0 Å². The predicted octanol–water partition coefficient (Wildman–Crippen LogP) is 2.72. The van der Waals surface area contributed by atoms with E-state index in [1.165, 1.54) is 4.90 Å². The van der Waals surface area contributed by atoms with Crippen LogP contribution in [0.3, 0.4) is 0 Å². The van der Waals surface area contributed by atoms with Gasteiger partial charge in [0.25, 0.3) is 0 Å². The molecular weight excluding hydrogens is 498 g/mol. The number of nitrogens with one attached hydrogen (secondary N) is 2. The minimum Gasteiger partial charge on any atom is -0.497 e. The zero-order valence-corrected chi connectivity index (χ0v) is 19.6. The molecule has 0 aliphatic carbocycles. The fraction of sp³-hybridized carbons (Fsp3) is 0.632. The van der Waals surface area contributed by atoms with Gasteiger partial charge in [-0.25, -0.2) is 0 Å². The number of nitrogens with zero attached hydrogens (tertiary/aromatic N) is 3. The molecule has 2 rings (SSSR count). The molecule has 166 valence electrons. The Labute approximate surface area is 187 Å². The van der Waals surface area contributed by atoms with Crippen LogP contribution in [0.1, 0.15) is 18.0 Å². The molecule has 2 atom stereocenters. The fourth-order valence-corrected chi connectivity index (χ4v) is 3.38. The second-order valence-corrected chi connectivity index (χ2v) is 7.19. The topological polar surface area (TPSA) is 52.1 Å². The normalized spacial score (nSPS) is 19.0. The number of rotatable bonds is 7. The van der Waals surface area contributed by atoms with Crippen molar-refractivity contribution in [3.8, 4) is 5.75 Å². The first kappa shape index (κ1) is 25.8. The van der Waals surface area contributed by atoms with Crippen LogP contribution in [-0.2, 0) is 0 Å². The summed E-state index contributed by atoms with van der Waals surface area (Å²) in [6.07, 6.45) is -3.51. The summed E-state index contributed by atoms with van der Waals surface area (Å²) >= 11 is 0. The minimum atomic E-state index is -4.16. The molecule has 0 aromatic heterocycles.